The monoisotopic (exact) mass is 732 g/mol. The Hall–Kier alpha value is -5.82. The topological polar surface area (TPSA) is 128 Å². The van der Waals surface area contributed by atoms with Crippen molar-refractivity contribution in [2.24, 2.45) is 17.8 Å². The highest BCUT2D eigenvalue weighted by Gasteiger charge is 2.31. The van der Waals surface area contributed by atoms with Crippen LogP contribution in [0.25, 0.3) is 27.5 Å². The van der Waals surface area contributed by atoms with Crippen molar-refractivity contribution in [3.8, 4) is 5.69 Å². The summed E-state index contributed by atoms with van der Waals surface area (Å²) in [4.78, 5) is 38.2. The normalized spacial score (nSPS) is 17.9. The number of halogens is 2. The quantitative estimate of drug-likeness (QED) is 0.147. The van der Waals surface area contributed by atoms with Crippen molar-refractivity contribution in [3.63, 3.8) is 0 Å². The highest BCUT2D eigenvalue weighted by Crippen LogP contribution is 2.37. The molecule has 0 bridgehead atoms. The first-order chi connectivity index (χ1) is 25.8. The summed E-state index contributed by atoms with van der Waals surface area (Å²) in [5.74, 6) is -0.657. The van der Waals surface area contributed by atoms with Crippen molar-refractivity contribution >= 4 is 39.2 Å². The number of rotatable bonds is 5. The number of aromatic amines is 1. The average molecular weight is 733 g/mol. The fourth-order valence-corrected chi connectivity index (χ4v) is 7.84. The van der Waals surface area contributed by atoms with Gasteiger partial charge in [-0.1, -0.05) is 6.07 Å². The van der Waals surface area contributed by atoms with Gasteiger partial charge in [0, 0.05) is 61.2 Å². The molecule has 11 nitrogen and oxygen atoms in total. The predicted molar refractivity (Wildman–Crippen MR) is 205 cm³/mol. The lowest BCUT2D eigenvalue weighted by Crippen LogP contribution is -2.42. The van der Waals surface area contributed by atoms with E-state index in [1.807, 2.05) is 12.1 Å². The van der Waals surface area contributed by atoms with Gasteiger partial charge in [0.15, 0.2) is 5.82 Å². The zero-order valence-electron chi connectivity index (χ0n) is 30.9. The molecule has 1 unspecified atom stereocenters. The highest BCUT2D eigenvalue weighted by molar-refractivity contribution is 6.04. The number of H-pyrrole nitrogens is 1. The van der Waals surface area contributed by atoms with Crippen molar-refractivity contribution in [3.05, 3.63) is 123 Å². The molecule has 2 aliphatic rings. The van der Waals surface area contributed by atoms with E-state index in [1.54, 1.807) is 48.7 Å². The zero-order valence-corrected chi connectivity index (χ0v) is 30.9. The molecule has 5 heterocycles. The number of aromatic nitrogens is 5. The van der Waals surface area contributed by atoms with Crippen LogP contribution >= 0.6 is 0 Å². The maximum atomic E-state index is 15.8. The number of hydrogen-bond donors (Lipinski definition) is 2. The Morgan fingerprint density at radius 1 is 1.06 bits per heavy atom. The van der Waals surface area contributed by atoms with Crippen LogP contribution < -0.4 is 11.4 Å². The summed E-state index contributed by atoms with van der Waals surface area (Å²) in [5, 5.41) is 5.37. The van der Waals surface area contributed by atoms with E-state index in [2.05, 4.69) is 36.1 Å². The van der Waals surface area contributed by atoms with Gasteiger partial charge < -0.3 is 20.4 Å². The lowest BCUT2D eigenvalue weighted by molar-refractivity contribution is -0.0592. The fourth-order valence-electron chi connectivity index (χ4n) is 7.84. The van der Waals surface area contributed by atoms with Gasteiger partial charge in [0.2, 0.25) is 0 Å². The summed E-state index contributed by atoms with van der Waals surface area (Å²) >= 11 is 0. The van der Waals surface area contributed by atoms with Crippen molar-refractivity contribution in [2.75, 3.05) is 19.7 Å². The number of carbonyl (C=O) groups is 1. The first-order valence-corrected chi connectivity index (χ1v) is 18.1. The van der Waals surface area contributed by atoms with Crippen molar-refractivity contribution in [1.82, 2.24) is 28.8 Å². The number of benzene rings is 3. The van der Waals surface area contributed by atoms with Gasteiger partial charge in [-0.3, -0.25) is 18.6 Å². The molecule has 1 atom stereocenters. The van der Waals surface area contributed by atoms with Gasteiger partial charge in [-0.05, 0) is 106 Å². The first kappa shape index (κ1) is 35.2. The summed E-state index contributed by atoms with van der Waals surface area (Å²) in [5.41, 5.74) is 11.1. The number of fused-ring (bicyclic) bond motifs is 2. The first-order valence-electron chi connectivity index (χ1n) is 18.1. The van der Waals surface area contributed by atoms with Gasteiger partial charge in [0.25, 0.3) is 5.91 Å². The third-order valence-corrected chi connectivity index (χ3v) is 10.8. The van der Waals surface area contributed by atoms with E-state index < -0.39 is 11.5 Å². The Labute approximate surface area is 310 Å². The number of nitrogens with zero attached hydrogens (tertiary/aromatic N) is 6. The second-order valence-electron chi connectivity index (χ2n) is 15.1. The molecule has 13 heteroatoms. The Balaban J connectivity index is 1.15. The van der Waals surface area contributed by atoms with Crippen LogP contribution in [-0.4, -0.2) is 65.8 Å². The molecule has 0 radical (unpaired) electrons. The summed E-state index contributed by atoms with van der Waals surface area (Å²) in [6.45, 7) is 8.62. The van der Waals surface area contributed by atoms with Crippen LogP contribution in [0.5, 0.6) is 0 Å². The van der Waals surface area contributed by atoms with E-state index in [0.29, 0.717) is 64.8 Å². The van der Waals surface area contributed by atoms with Crippen LogP contribution in [0.3, 0.4) is 0 Å². The summed E-state index contributed by atoms with van der Waals surface area (Å²) in [6.07, 6.45) is 6.56. The third-order valence-electron chi connectivity index (χ3n) is 10.8. The van der Waals surface area contributed by atoms with Gasteiger partial charge in [-0.15, -0.1) is 0 Å². The third kappa shape index (κ3) is 6.21. The number of amides is 1. The Kier molecular flexibility index (Phi) is 8.63. The van der Waals surface area contributed by atoms with Gasteiger partial charge >= 0.3 is 5.69 Å². The highest BCUT2D eigenvalue weighted by atomic mass is 19.1. The standard InChI is InChI=1S/C41H42F2N8O3/c1-23-16-28(17-24(2)36(23)42)46-38(51-14-13-50(40(51)53)35-9-8-34-29(37(35)43)21-45-48(34)5)30-22-49(12-10-31(30)44)39(52)33-19-27-18-25(6-7-32(27)47-33)26-11-15-54-41(3,4)20-26/h6-9,13-14,16-19,21,26,47H,10-12,15,20,22,44H2,1-5H3. The predicted octanol–water partition coefficient (Wildman–Crippen LogP) is 6.91. The molecular weight excluding hydrogens is 691 g/mol. The average Bonchev–Trinajstić information content (AvgIpc) is 3.86. The molecule has 278 valence electrons. The molecule has 54 heavy (non-hydrogen) atoms. The molecule has 2 aliphatic heterocycles. The molecule has 1 fully saturated rings. The van der Waals surface area contributed by atoms with Crippen LogP contribution in [0.1, 0.15) is 66.2 Å². The molecule has 3 N–H and O–H groups in total. The van der Waals surface area contributed by atoms with Crippen molar-refractivity contribution in [2.45, 2.75) is 58.5 Å². The molecular formula is C41H42F2N8O3. The number of carbonyl (C=O) groups excluding carboxylic acids is 1. The van der Waals surface area contributed by atoms with E-state index in [-0.39, 0.29) is 40.8 Å². The van der Waals surface area contributed by atoms with E-state index >= 15 is 4.39 Å². The lowest BCUT2D eigenvalue weighted by Gasteiger charge is -2.35. The lowest BCUT2D eigenvalue weighted by atomic mass is 9.83. The molecule has 3 aromatic carbocycles. The van der Waals surface area contributed by atoms with Crippen LogP contribution in [-0.2, 0) is 11.8 Å². The fraction of sp³-hybridized carbons (Fsp3) is 0.317. The molecule has 0 saturated carbocycles. The Bertz CT molecular complexity index is 2580. The van der Waals surface area contributed by atoms with Crippen molar-refractivity contribution < 1.29 is 18.3 Å². The minimum absolute atomic E-state index is 0.0389. The zero-order chi connectivity index (χ0) is 38.1. The molecule has 0 aliphatic carbocycles. The Morgan fingerprint density at radius 3 is 2.59 bits per heavy atom. The van der Waals surface area contributed by atoms with Gasteiger partial charge in [-0.25, -0.2) is 18.6 Å². The van der Waals surface area contributed by atoms with Crippen LogP contribution in [0.2, 0.25) is 0 Å². The van der Waals surface area contributed by atoms with E-state index in [0.717, 1.165) is 23.7 Å². The molecule has 8 rings (SSSR count). The second-order valence-corrected chi connectivity index (χ2v) is 15.1. The van der Waals surface area contributed by atoms with E-state index in [4.69, 9.17) is 15.5 Å². The molecule has 6 aromatic rings. The number of aryl methyl sites for hydroxylation is 3. The molecule has 3 aromatic heterocycles. The van der Waals surface area contributed by atoms with Crippen molar-refractivity contribution in [1.29, 1.82) is 0 Å². The minimum Gasteiger partial charge on any atom is -0.402 e. The van der Waals surface area contributed by atoms with E-state index in [1.165, 1.54) is 39.4 Å². The number of aliphatic imine (C=N–C) groups is 1. The van der Waals surface area contributed by atoms with Crippen LogP contribution in [0, 0.1) is 25.5 Å². The van der Waals surface area contributed by atoms with Gasteiger partial charge in [0.1, 0.15) is 17.3 Å². The number of ether oxygens (including phenoxy) is 1. The maximum absolute atomic E-state index is 15.8. The maximum Gasteiger partial charge on any atom is 0.338 e. The minimum atomic E-state index is -0.602. The SMILES string of the molecule is Cc1cc(N=C(C2=C(N)CCN(C(=O)c3cc4cc(C5CCOC(C)(C)C5)ccc4[nH]3)C2)n2ccn(-c3ccc4c(cnn4C)c3F)c2=O)cc(C)c1F. The number of hydrogen-bond acceptors (Lipinski definition) is 6. The Morgan fingerprint density at radius 2 is 1.83 bits per heavy atom. The van der Waals surface area contributed by atoms with E-state index in [9.17, 15) is 14.0 Å². The number of nitrogens with one attached hydrogen (secondary N) is 1. The second kappa shape index (κ2) is 13.2. The van der Waals surface area contributed by atoms with Gasteiger partial charge in [-0.2, -0.15) is 5.10 Å². The van der Waals surface area contributed by atoms with Crippen LogP contribution in [0.15, 0.2) is 88.2 Å². The molecule has 0 spiro atoms. The summed E-state index contributed by atoms with van der Waals surface area (Å²) in [6, 6.07) is 14.6. The number of imidazole rings is 1. The number of nitrogens with two attached hydrogens (primary N) is 1. The summed E-state index contributed by atoms with van der Waals surface area (Å²) < 4.78 is 40.5. The smallest absolute Gasteiger partial charge is 0.338 e. The summed E-state index contributed by atoms with van der Waals surface area (Å²) in [7, 11) is 1.71. The molecule has 1 amide bonds. The van der Waals surface area contributed by atoms with Crippen LogP contribution in [0.4, 0.5) is 14.5 Å². The largest absolute Gasteiger partial charge is 0.402 e. The molecule has 1 saturated heterocycles. The van der Waals surface area contributed by atoms with Gasteiger partial charge in [0.05, 0.1) is 40.6 Å².